The Kier molecular flexibility index (Phi) is 9.94. The van der Waals surface area contributed by atoms with E-state index in [1.54, 1.807) is 25.9 Å². The first-order valence-electron chi connectivity index (χ1n) is 16.4. The first kappa shape index (κ1) is 34.3. The molecule has 4 N–H and O–H groups in total. The lowest BCUT2D eigenvalue weighted by Crippen LogP contribution is -2.70. The Morgan fingerprint density at radius 3 is 2.51 bits per heavy atom. The number of aliphatic hydroxyl groups is 1. The molecule has 6 bridgehead atoms. The first-order chi connectivity index (χ1) is 22.2. The fourth-order valence-corrected chi connectivity index (χ4v) is 7.01. The van der Waals surface area contributed by atoms with Gasteiger partial charge in [-0.1, -0.05) is 49.8 Å². The van der Waals surface area contributed by atoms with Crippen molar-refractivity contribution in [3.8, 4) is 16.9 Å². The summed E-state index contributed by atoms with van der Waals surface area (Å²) in [5.74, 6) is -0.0906. The van der Waals surface area contributed by atoms with E-state index >= 15 is 0 Å². The number of hydrogen-bond acceptors (Lipinski definition) is 9. The molecule has 3 unspecified atom stereocenters. The van der Waals surface area contributed by atoms with Crippen molar-refractivity contribution in [1.82, 2.24) is 5.32 Å². The van der Waals surface area contributed by atoms with Crippen LogP contribution in [0.25, 0.3) is 11.1 Å². The molecule has 4 aliphatic rings. The Labute approximate surface area is 277 Å². The number of alkyl carbamates (subject to hydrolysis) is 1. The summed E-state index contributed by atoms with van der Waals surface area (Å²) in [5, 5.41) is 14.8. The highest BCUT2D eigenvalue weighted by Gasteiger charge is 2.61. The number of rotatable bonds is 4. The number of nitrogens with two attached hydrogens (primary N) is 1. The van der Waals surface area contributed by atoms with Gasteiger partial charge >= 0.3 is 12.1 Å². The van der Waals surface area contributed by atoms with E-state index in [0.717, 1.165) is 28.0 Å². The van der Waals surface area contributed by atoms with E-state index in [-0.39, 0.29) is 24.3 Å². The predicted molar refractivity (Wildman–Crippen MR) is 182 cm³/mol. The van der Waals surface area contributed by atoms with E-state index in [0.29, 0.717) is 37.1 Å². The van der Waals surface area contributed by atoms with Gasteiger partial charge in [0.05, 0.1) is 18.7 Å². The summed E-state index contributed by atoms with van der Waals surface area (Å²) in [6, 6.07) is 11.5. The zero-order chi connectivity index (χ0) is 34.1. The third-order valence-electron chi connectivity index (χ3n) is 9.56. The second kappa shape index (κ2) is 13.6. The van der Waals surface area contributed by atoms with Crippen LogP contribution in [0.5, 0.6) is 5.75 Å². The molecule has 10 heteroatoms. The Morgan fingerprint density at radius 2 is 1.85 bits per heavy atom. The van der Waals surface area contributed by atoms with Gasteiger partial charge in [0.25, 0.3) is 0 Å². The van der Waals surface area contributed by atoms with Gasteiger partial charge in [0.1, 0.15) is 35.4 Å². The Bertz CT molecular complexity index is 1530. The number of hydrogen-bond donors (Lipinski definition) is 3. The van der Waals surface area contributed by atoms with E-state index in [9.17, 15) is 14.7 Å². The number of carbonyl (C=O) groups is 2. The summed E-state index contributed by atoms with van der Waals surface area (Å²) in [6.07, 6.45) is 5.75. The van der Waals surface area contributed by atoms with E-state index in [2.05, 4.69) is 30.5 Å². The van der Waals surface area contributed by atoms with Gasteiger partial charge in [-0.15, -0.1) is 0 Å². The van der Waals surface area contributed by atoms with Crippen molar-refractivity contribution in [2.24, 2.45) is 5.92 Å². The first-order valence-corrected chi connectivity index (χ1v) is 16.4. The summed E-state index contributed by atoms with van der Waals surface area (Å²) in [5.41, 5.74) is 9.53. The van der Waals surface area contributed by atoms with Crippen LogP contribution >= 0.6 is 0 Å². The second-order valence-corrected chi connectivity index (χ2v) is 14.0. The number of esters is 1. The molecule has 0 saturated carbocycles. The largest absolute Gasteiger partial charge is 0.496 e. The number of nitrogens with zero attached hydrogens (tertiary/aromatic N) is 1. The van der Waals surface area contributed by atoms with Crippen molar-refractivity contribution in [3.63, 3.8) is 0 Å². The molecule has 254 valence electrons. The highest BCUT2D eigenvalue weighted by atomic mass is 16.6. The number of anilines is 2. The maximum Gasteiger partial charge on any atom is 0.407 e. The predicted octanol–water partition coefficient (Wildman–Crippen LogP) is 5.91. The van der Waals surface area contributed by atoms with Gasteiger partial charge < -0.3 is 40.0 Å². The molecule has 47 heavy (non-hydrogen) atoms. The van der Waals surface area contributed by atoms with Crippen molar-refractivity contribution in [2.45, 2.75) is 102 Å². The molecule has 10 nitrogen and oxygen atoms in total. The molecular weight excluding hydrogens is 598 g/mol. The summed E-state index contributed by atoms with van der Waals surface area (Å²) in [7, 11) is 3.46. The minimum atomic E-state index is -1.07. The molecule has 0 spiro atoms. The van der Waals surface area contributed by atoms with Gasteiger partial charge in [0.2, 0.25) is 0 Å². The summed E-state index contributed by atoms with van der Waals surface area (Å²) in [4.78, 5) is 27.4. The van der Waals surface area contributed by atoms with Crippen molar-refractivity contribution in [1.29, 1.82) is 0 Å². The monoisotopic (exact) mass is 647 g/mol. The second-order valence-electron chi connectivity index (χ2n) is 14.0. The fourth-order valence-electron chi connectivity index (χ4n) is 7.01. The molecule has 2 aromatic carbocycles. The lowest BCUT2D eigenvalue weighted by Gasteiger charge is -2.58. The van der Waals surface area contributed by atoms with Crippen LogP contribution in [0.1, 0.15) is 65.9 Å². The number of amides is 1. The van der Waals surface area contributed by atoms with Crippen LogP contribution in [-0.2, 0) is 25.4 Å². The number of allylic oxidation sites excluding steroid dienone is 3. The van der Waals surface area contributed by atoms with Crippen LogP contribution < -0.4 is 20.7 Å². The van der Waals surface area contributed by atoms with Crippen molar-refractivity contribution >= 4 is 23.4 Å². The molecule has 2 fully saturated rings. The van der Waals surface area contributed by atoms with Gasteiger partial charge in [-0.25, -0.2) is 4.79 Å². The number of ether oxygens (including phenoxy) is 4. The van der Waals surface area contributed by atoms with Gasteiger partial charge in [-0.3, -0.25) is 4.79 Å². The number of nitrogens with one attached hydrogen (secondary N) is 1. The zero-order valence-corrected chi connectivity index (χ0v) is 28.5. The normalized spacial score (nSPS) is 31.5. The molecule has 1 amide bonds. The molecular formula is C37H49N3O7. The standard InChI is InChI=1S/C37H49N3O7/c1-22(2)34(42)45-31-20-32(41)40(6)28-17-24(18-29(44-7)33(28)25-12-14-26(38)15-13-25)16-23(3)10-8-9-11-27-19-30(46-35(43)39-27)36(4)21-37(31,5)47-36/h8-10,12-15,17-18,22,27,30-32,41H,11,16,19-21,38H2,1-7H3,(H,39,43)/b9-8+,23-10+/t27?,30-,31?,32?,36-,37-/m0/s1. The van der Waals surface area contributed by atoms with Gasteiger partial charge in [0, 0.05) is 43.6 Å². The van der Waals surface area contributed by atoms with Gasteiger partial charge in [0.15, 0.2) is 0 Å². The van der Waals surface area contributed by atoms with Crippen molar-refractivity contribution in [2.75, 3.05) is 24.8 Å². The molecule has 6 atom stereocenters. The van der Waals surface area contributed by atoms with E-state index in [1.165, 1.54) is 0 Å². The van der Waals surface area contributed by atoms with E-state index in [1.807, 2.05) is 57.3 Å². The molecule has 2 aromatic rings. The minimum Gasteiger partial charge on any atom is -0.496 e. The summed E-state index contributed by atoms with van der Waals surface area (Å²) >= 11 is 0. The Morgan fingerprint density at radius 1 is 1.15 bits per heavy atom. The molecule has 0 radical (unpaired) electrons. The Hall–Kier alpha value is -4.02. The summed E-state index contributed by atoms with van der Waals surface area (Å²) < 4.78 is 24.4. The average Bonchev–Trinajstić information content (AvgIpc) is 3.00. The van der Waals surface area contributed by atoms with Crippen molar-refractivity contribution in [3.05, 3.63) is 65.8 Å². The van der Waals surface area contributed by atoms with Crippen molar-refractivity contribution < 1.29 is 33.6 Å². The highest BCUT2D eigenvalue weighted by Crippen LogP contribution is 2.50. The number of nitrogen functional groups attached to an aromatic ring is 1. The lowest BCUT2D eigenvalue weighted by molar-refractivity contribution is -0.324. The van der Waals surface area contributed by atoms with Crippen LogP contribution in [0.4, 0.5) is 16.2 Å². The van der Waals surface area contributed by atoms with Crippen LogP contribution in [-0.4, -0.2) is 67.0 Å². The Balaban J connectivity index is 1.59. The zero-order valence-electron chi connectivity index (χ0n) is 28.5. The van der Waals surface area contributed by atoms with E-state index in [4.69, 9.17) is 24.7 Å². The fraction of sp³-hybridized carbons (Fsp3) is 0.514. The number of aliphatic hydroxyl groups excluding tert-OH is 1. The topological polar surface area (TPSA) is 133 Å². The van der Waals surface area contributed by atoms with Crippen LogP contribution in [0.3, 0.4) is 0 Å². The van der Waals surface area contributed by atoms with Crippen LogP contribution in [0.2, 0.25) is 0 Å². The van der Waals surface area contributed by atoms with Crippen LogP contribution in [0.15, 0.2) is 60.2 Å². The molecule has 2 saturated heterocycles. The van der Waals surface area contributed by atoms with Crippen LogP contribution in [0, 0.1) is 5.92 Å². The SMILES string of the molecule is COc1cc2cc(c1-c1ccc(N)cc1)N(C)C(O)CC(OC(=O)C(C)C)[C@]1(C)C[C@](C)(O1)[C@@H]1CC(C/C=C/C=C(\C)C2)NC(=O)O1. The maximum atomic E-state index is 13.0. The maximum absolute atomic E-state index is 13.0. The number of methoxy groups -OCH3 is 1. The molecule has 0 aromatic heterocycles. The third kappa shape index (κ3) is 7.44. The molecule has 6 rings (SSSR count). The minimum absolute atomic E-state index is 0.0761. The number of carbonyl (C=O) groups excluding carboxylic acids is 2. The smallest absolute Gasteiger partial charge is 0.407 e. The number of fused-ring (bicyclic) bond motifs is 6. The highest BCUT2D eigenvalue weighted by molar-refractivity contribution is 5.85. The van der Waals surface area contributed by atoms with E-state index < -0.39 is 35.7 Å². The molecule has 4 aliphatic heterocycles. The summed E-state index contributed by atoms with van der Waals surface area (Å²) in [6.45, 7) is 9.44. The van der Waals surface area contributed by atoms with Gasteiger partial charge in [-0.2, -0.15) is 0 Å². The quantitative estimate of drug-likeness (QED) is 0.274. The van der Waals surface area contributed by atoms with Gasteiger partial charge in [-0.05, 0) is 69.0 Å². The number of benzene rings is 2. The lowest BCUT2D eigenvalue weighted by atomic mass is 9.72. The average molecular weight is 648 g/mol. The third-order valence-corrected chi connectivity index (χ3v) is 9.56. The molecule has 4 heterocycles. The molecule has 0 aliphatic carbocycles.